The summed E-state index contributed by atoms with van der Waals surface area (Å²) in [7, 11) is -2.16. The molecular formula is C22H26BrFN2O4S. The zero-order valence-corrected chi connectivity index (χ0v) is 19.8. The Morgan fingerprint density at radius 1 is 1.13 bits per heavy atom. The van der Waals surface area contributed by atoms with Gasteiger partial charge in [0.25, 0.3) is 0 Å². The van der Waals surface area contributed by atoms with Crippen LogP contribution in [0.2, 0.25) is 0 Å². The van der Waals surface area contributed by atoms with E-state index in [1.54, 1.807) is 18.2 Å². The summed E-state index contributed by atoms with van der Waals surface area (Å²) in [5, 5.41) is 2.97. The SMILES string of the molecule is COc1ccc(S(=O)(=O)N[C@H]2CC[C@H](C(=O)N[C@H](C)c3ccc(F)cc3)CC2)cc1Br. The first-order valence-electron chi connectivity index (χ1n) is 10.1. The van der Waals surface area contributed by atoms with Gasteiger partial charge >= 0.3 is 0 Å². The molecule has 2 aromatic rings. The summed E-state index contributed by atoms with van der Waals surface area (Å²) in [5.41, 5.74) is 0.835. The number of hydrogen-bond donors (Lipinski definition) is 2. The molecule has 0 bridgehead atoms. The number of carbonyl (C=O) groups excluding carboxylic acids is 1. The Labute approximate surface area is 190 Å². The Kier molecular flexibility index (Phi) is 7.72. The molecule has 9 heteroatoms. The minimum Gasteiger partial charge on any atom is -0.496 e. The van der Waals surface area contributed by atoms with Crippen molar-refractivity contribution in [1.29, 1.82) is 0 Å². The highest BCUT2D eigenvalue weighted by atomic mass is 79.9. The molecule has 1 saturated carbocycles. The van der Waals surface area contributed by atoms with Gasteiger partial charge in [-0.2, -0.15) is 0 Å². The van der Waals surface area contributed by atoms with Crippen molar-refractivity contribution < 1.29 is 22.3 Å². The summed E-state index contributed by atoms with van der Waals surface area (Å²) in [6.07, 6.45) is 2.36. The molecular weight excluding hydrogens is 487 g/mol. The first-order chi connectivity index (χ1) is 14.7. The Morgan fingerprint density at radius 3 is 2.35 bits per heavy atom. The predicted molar refractivity (Wildman–Crippen MR) is 120 cm³/mol. The zero-order chi connectivity index (χ0) is 22.6. The second-order valence-corrected chi connectivity index (χ2v) is 10.3. The van der Waals surface area contributed by atoms with E-state index in [1.165, 1.54) is 31.4 Å². The Hall–Kier alpha value is -1.97. The number of carbonyl (C=O) groups is 1. The molecule has 1 amide bonds. The third-order valence-corrected chi connectivity index (χ3v) is 7.72. The smallest absolute Gasteiger partial charge is 0.240 e. The van der Waals surface area contributed by atoms with Gasteiger partial charge in [0.2, 0.25) is 15.9 Å². The number of hydrogen-bond acceptors (Lipinski definition) is 4. The number of sulfonamides is 1. The zero-order valence-electron chi connectivity index (χ0n) is 17.4. The standard InChI is InChI=1S/C22H26BrFN2O4S/c1-14(15-3-7-17(24)8-4-15)25-22(27)16-5-9-18(10-6-16)26-31(28,29)19-11-12-21(30-2)20(23)13-19/h3-4,7-8,11-14,16,18,26H,5-6,9-10H2,1-2H3,(H,25,27)/t14-,16-,18-/m1/s1. The third kappa shape index (κ3) is 6.05. The molecule has 0 radical (unpaired) electrons. The summed E-state index contributed by atoms with van der Waals surface area (Å²) in [6.45, 7) is 1.86. The molecule has 0 aliphatic heterocycles. The number of halogens is 2. The molecule has 0 spiro atoms. The van der Waals surface area contributed by atoms with Crippen molar-refractivity contribution in [3.05, 3.63) is 58.3 Å². The molecule has 6 nitrogen and oxygen atoms in total. The molecule has 1 aliphatic carbocycles. The summed E-state index contributed by atoms with van der Waals surface area (Å²) in [5.74, 6) is 0.0152. The normalized spacial score (nSPS) is 20.1. The second-order valence-electron chi connectivity index (χ2n) is 7.75. The lowest BCUT2D eigenvalue weighted by Crippen LogP contribution is -2.41. The van der Waals surface area contributed by atoms with Crippen molar-refractivity contribution >= 4 is 31.9 Å². The van der Waals surface area contributed by atoms with E-state index in [4.69, 9.17) is 4.74 Å². The van der Waals surface area contributed by atoms with Crippen LogP contribution >= 0.6 is 15.9 Å². The van der Waals surface area contributed by atoms with Gasteiger partial charge in [-0.3, -0.25) is 4.79 Å². The molecule has 3 rings (SSSR count). The van der Waals surface area contributed by atoms with Gasteiger partial charge in [-0.1, -0.05) is 12.1 Å². The van der Waals surface area contributed by atoms with Crippen LogP contribution in [-0.4, -0.2) is 27.5 Å². The Morgan fingerprint density at radius 2 is 1.77 bits per heavy atom. The largest absolute Gasteiger partial charge is 0.496 e. The van der Waals surface area contributed by atoms with Crippen LogP contribution in [0, 0.1) is 11.7 Å². The topological polar surface area (TPSA) is 84.5 Å². The van der Waals surface area contributed by atoms with Gasteiger partial charge in [0, 0.05) is 12.0 Å². The molecule has 168 valence electrons. The fourth-order valence-corrected chi connectivity index (χ4v) is 5.76. The number of amides is 1. The minimum absolute atomic E-state index is 0.0581. The van der Waals surface area contributed by atoms with Crippen molar-refractivity contribution in [1.82, 2.24) is 10.0 Å². The molecule has 2 N–H and O–H groups in total. The first kappa shape index (κ1) is 23.7. The van der Waals surface area contributed by atoms with E-state index in [0.29, 0.717) is 35.9 Å². The van der Waals surface area contributed by atoms with Crippen LogP contribution in [0.5, 0.6) is 5.75 Å². The molecule has 0 saturated heterocycles. The lowest BCUT2D eigenvalue weighted by atomic mass is 9.85. The molecule has 0 unspecified atom stereocenters. The van der Waals surface area contributed by atoms with E-state index in [-0.39, 0.29) is 34.6 Å². The van der Waals surface area contributed by atoms with Gasteiger partial charge < -0.3 is 10.1 Å². The summed E-state index contributed by atoms with van der Waals surface area (Å²) in [4.78, 5) is 12.8. The summed E-state index contributed by atoms with van der Waals surface area (Å²) in [6, 6.07) is 10.2. The molecule has 0 aromatic heterocycles. The van der Waals surface area contributed by atoms with Gasteiger partial charge in [0.05, 0.1) is 22.5 Å². The van der Waals surface area contributed by atoms with E-state index < -0.39 is 10.0 Å². The van der Waals surface area contributed by atoms with Crippen LogP contribution in [-0.2, 0) is 14.8 Å². The second kappa shape index (κ2) is 10.1. The monoisotopic (exact) mass is 512 g/mol. The van der Waals surface area contributed by atoms with Crippen LogP contribution in [0.1, 0.15) is 44.2 Å². The maximum Gasteiger partial charge on any atom is 0.240 e. The molecule has 1 atom stereocenters. The highest BCUT2D eigenvalue weighted by Crippen LogP contribution is 2.29. The third-order valence-electron chi connectivity index (χ3n) is 5.58. The number of nitrogens with one attached hydrogen (secondary N) is 2. The highest BCUT2D eigenvalue weighted by Gasteiger charge is 2.30. The van der Waals surface area contributed by atoms with Crippen LogP contribution in [0.15, 0.2) is 51.8 Å². The van der Waals surface area contributed by atoms with Crippen LogP contribution in [0.25, 0.3) is 0 Å². The van der Waals surface area contributed by atoms with Gasteiger partial charge in [-0.25, -0.2) is 17.5 Å². The number of ether oxygens (including phenoxy) is 1. The number of methoxy groups -OCH3 is 1. The van der Waals surface area contributed by atoms with Gasteiger partial charge in [-0.15, -0.1) is 0 Å². The fraction of sp³-hybridized carbons (Fsp3) is 0.409. The van der Waals surface area contributed by atoms with Crippen molar-refractivity contribution in [3.8, 4) is 5.75 Å². The van der Waals surface area contributed by atoms with Crippen LogP contribution in [0.3, 0.4) is 0 Å². The van der Waals surface area contributed by atoms with Crippen LogP contribution < -0.4 is 14.8 Å². The minimum atomic E-state index is -3.67. The Bertz CT molecular complexity index is 1020. The van der Waals surface area contributed by atoms with Crippen molar-refractivity contribution in [2.24, 2.45) is 5.92 Å². The molecule has 1 aliphatic rings. The Balaban J connectivity index is 1.53. The maximum absolute atomic E-state index is 13.1. The van der Waals surface area contributed by atoms with E-state index in [0.717, 1.165) is 5.56 Å². The predicted octanol–water partition coefficient (Wildman–Crippen LogP) is 4.31. The van der Waals surface area contributed by atoms with Crippen LogP contribution in [0.4, 0.5) is 4.39 Å². The molecule has 2 aromatic carbocycles. The first-order valence-corrected chi connectivity index (χ1v) is 12.4. The van der Waals surface area contributed by atoms with Crippen molar-refractivity contribution in [2.45, 2.75) is 49.6 Å². The average Bonchev–Trinajstić information content (AvgIpc) is 2.74. The van der Waals surface area contributed by atoms with E-state index in [1.807, 2.05) is 6.92 Å². The summed E-state index contributed by atoms with van der Waals surface area (Å²) < 4.78 is 47.0. The lowest BCUT2D eigenvalue weighted by Gasteiger charge is -2.29. The summed E-state index contributed by atoms with van der Waals surface area (Å²) >= 11 is 3.31. The van der Waals surface area contributed by atoms with Gasteiger partial charge in [-0.05, 0) is 84.4 Å². The van der Waals surface area contributed by atoms with E-state index in [2.05, 4.69) is 26.0 Å². The average molecular weight is 513 g/mol. The maximum atomic E-state index is 13.1. The van der Waals surface area contributed by atoms with Crippen molar-refractivity contribution in [3.63, 3.8) is 0 Å². The fourth-order valence-electron chi connectivity index (χ4n) is 3.74. The molecule has 1 fully saturated rings. The van der Waals surface area contributed by atoms with E-state index in [9.17, 15) is 17.6 Å². The van der Waals surface area contributed by atoms with Gasteiger partial charge in [0.15, 0.2) is 0 Å². The number of rotatable bonds is 7. The quantitative estimate of drug-likeness (QED) is 0.578. The lowest BCUT2D eigenvalue weighted by molar-refractivity contribution is -0.126. The van der Waals surface area contributed by atoms with Gasteiger partial charge in [0.1, 0.15) is 11.6 Å². The molecule has 0 heterocycles. The van der Waals surface area contributed by atoms with Crippen molar-refractivity contribution in [2.75, 3.05) is 7.11 Å². The highest BCUT2D eigenvalue weighted by molar-refractivity contribution is 9.10. The number of benzene rings is 2. The molecule has 31 heavy (non-hydrogen) atoms. The van der Waals surface area contributed by atoms with E-state index >= 15 is 0 Å².